The molecule has 1 fully saturated rings. The van der Waals surface area contributed by atoms with Crippen molar-refractivity contribution in [2.75, 3.05) is 23.4 Å². The first-order valence-electron chi connectivity index (χ1n) is 10.9. The van der Waals surface area contributed by atoms with E-state index in [0.717, 1.165) is 12.3 Å². The van der Waals surface area contributed by atoms with E-state index in [1.165, 1.54) is 30.2 Å². The number of carbonyl (C=O) groups excluding carboxylic acids is 2. The molecule has 9 nitrogen and oxygen atoms in total. The van der Waals surface area contributed by atoms with Crippen molar-refractivity contribution >= 4 is 29.9 Å². The van der Waals surface area contributed by atoms with Crippen LogP contribution in [0.3, 0.4) is 0 Å². The molecule has 37 heavy (non-hydrogen) atoms. The van der Waals surface area contributed by atoms with Crippen LogP contribution in [0.25, 0.3) is 11.1 Å². The number of hydrogen-bond donors (Lipinski definition) is 2. The van der Waals surface area contributed by atoms with Crippen molar-refractivity contribution in [3.8, 4) is 11.1 Å². The van der Waals surface area contributed by atoms with Crippen molar-refractivity contribution in [2.24, 2.45) is 5.10 Å². The molecule has 0 saturated carbocycles. The molecule has 3 aromatic rings. The van der Waals surface area contributed by atoms with Gasteiger partial charge in [-0.2, -0.15) is 18.3 Å². The van der Waals surface area contributed by atoms with Crippen LogP contribution in [0.2, 0.25) is 0 Å². The quantitative estimate of drug-likeness (QED) is 0.277. The van der Waals surface area contributed by atoms with Crippen molar-refractivity contribution in [3.05, 3.63) is 71.8 Å². The summed E-state index contributed by atoms with van der Waals surface area (Å²) in [5.74, 6) is -1.11. The van der Waals surface area contributed by atoms with Gasteiger partial charge < -0.3 is 10.1 Å². The Morgan fingerprint density at radius 2 is 1.97 bits per heavy atom. The van der Waals surface area contributed by atoms with Crippen molar-refractivity contribution < 1.29 is 31.9 Å². The van der Waals surface area contributed by atoms with E-state index >= 15 is 0 Å². The third-order valence-corrected chi connectivity index (χ3v) is 5.26. The Bertz CT molecular complexity index is 1330. The number of halogens is 4. The molecule has 1 aliphatic rings. The topological polar surface area (TPSA) is 109 Å². The Morgan fingerprint density at radius 3 is 2.65 bits per heavy atom. The van der Waals surface area contributed by atoms with Gasteiger partial charge in [-0.05, 0) is 35.4 Å². The predicted molar refractivity (Wildman–Crippen MR) is 126 cm³/mol. The molecular formula is C24H20F4N6O3. The second kappa shape index (κ2) is 10.6. The lowest BCUT2D eigenvalue weighted by atomic mass is 10.0. The molecular weight excluding hydrogens is 496 g/mol. The molecule has 1 aliphatic heterocycles. The number of hydrazone groups is 1. The second-order valence-corrected chi connectivity index (χ2v) is 7.97. The fourth-order valence-electron chi connectivity index (χ4n) is 3.49. The van der Waals surface area contributed by atoms with Crippen LogP contribution in [0.15, 0.2) is 59.8 Å². The van der Waals surface area contributed by atoms with E-state index in [4.69, 9.17) is 4.74 Å². The molecule has 4 rings (SSSR count). The Hall–Kier alpha value is -4.55. The normalized spacial score (nSPS) is 15.6. The summed E-state index contributed by atoms with van der Waals surface area (Å²) >= 11 is 0. The molecule has 0 aliphatic carbocycles. The summed E-state index contributed by atoms with van der Waals surface area (Å²) in [6, 6.07) is 11.7. The number of anilines is 2. The van der Waals surface area contributed by atoms with Crippen LogP contribution < -0.4 is 15.6 Å². The first-order valence-corrected chi connectivity index (χ1v) is 10.9. The molecule has 0 spiro atoms. The average molecular weight is 516 g/mol. The van der Waals surface area contributed by atoms with Crippen molar-refractivity contribution in [1.82, 2.24) is 15.3 Å². The van der Waals surface area contributed by atoms with Crippen LogP contribution in [0.1, 0.15) is 18.2 Å². The summed E-state index contributed by atoms with van der Waals surface area (Å²) in [5.41, 5.74) is 3.01. The fraction of sp³-hybridized carbons (Fsp3) is 0.208. The number of cyclic esters (lactones) is 1. The minimum absolute atomic E-state index is 0.163. The summed E-state index contributed by atoms with van der Waals surface area (Å²) in [7, 11) is 0. The van der Waals surface area contributed by atoms with E-state index in [1.54, 1.807) is 30.3 Å². The van der Waals surface area contributed by atoms with Gasteiger partial charge in [-0.25, -0.2) is 24.6 Å². The fourth-order valence-corrected chi connectivity index (χ4v) is 3.49. The van der Waals surface area contributed by atoms with Crippen molar-refractivity contribution in [1.29, 1.82) is 0 Å². The van der Waals surface area contributed by atoms with Crippen molar-refractivity contribution in [2.45, 2.75) is 19.2 Å². The highest BCUT2D eigenvalue weighted by Gasteiger charge is 2.33. The van der Waals surface area contributed by atoms with Gasteiger partial charge in [-0.3, -0.25) is 9.69 Å². The molecule has 0 unspecified atom stereocenters. The zero-order valence-corrected chi connectivity index (χ0v) is 19.3. The number of aromatic nitrogens is 2. The highest BCUT2D eigenvalue weighted by atomic mass is 19.4. The molecule has 192 valence electrons. The number of benzene rings is 2. The number of amides is 2. The third-order valence-electron chi connectivity index (χ3n) is 5.26. The van der Waals surface area contributed by atoms with Gasteiger partial charge >= 0.3 is 12.3 Å². The first-order chi connectivity index (χ1) is 17.6. The van der Waals surface area contributed by atoms with Gasteiger partial charge in [0.25, 0.3) is 0 Å². The molecule has 13 heteroatoms. The number of nitrogens with zero attached hydrogens (tertiary/aromatic N) is 4. The number of rotatable bonds is 7. The second-order valence-electron chi connectivity index (χ2n) is 7.97. The highest BCUT2D eigenvalue weighted by Crippen LogP contribution is 2.29. The Labute approximate surface area is 208 Å². The van der Waals surface area contributed by atoms with Crippen LogP contribution in [-0.4, -0.2) is 47.4 Å². The van der Waals surface area contributed by atoms with Crippen LogP contribution in [-0.2, 0) is 15.7 Å². The number of carbonyl (C=O) groups is 2. The first kappa shape index (κ1) is 25.5. The SMILES string of the molecule is CC(=O)NC[C@H]1CN(c2ccc(-c3ccc(/C=N/Nc4nccc(C(F)(F)F)n4)cc3)c(F)c2)C(=O)O1. The number of ether oxygens (including phenoxy) is 1. The van der Waals surface area contributed by atoms with E-state index in [-0.39, 0.29) is 24.9 Å². The number of alkyl halides is 3. The van der Waals surface area contributed by atoms with Crippen molar-refractivity contribution in [3.63, 3.8) is 0 Å². The van der Waals surface area contributed by atoms with E-state index < -0.39 is 29.9 Å². The molecule has 2 amide bonds. The van der Waals surface area contributed by atoms with E-state index in [1.807, 2.05) is 0 Å². The van der Waals surface area contributed by atoms with Gasteiger partial charge in [-0.1, -0.05) is 24.3 Å². The zero-order valence-electron chi connectivity index (χ0n) is 19.3. The highest BCUT2D eigenvalue weighted by molar-refractivity contribution is 5.90. The lowest BCUT2D eigenvalue weighted by Gasteiger charge is -2.14. The predicted octanol–water partition coefficient (Wildman–Crippen LogP) is 4.21. The van der Waals surface area contributed by atoms with Gasteiger partial charge in [-0.15, -0.1) is 0 Å². The summed E-state index contributed by atoms with van der Waals surface area (Å²) in [6.45, 7) is 1.69. The zero-order chi connectivity index (χ0) is 26.6. The average Bonchev–Trinajstić information content (AvgIpc) is 3.23. The smallest absolute Gasteiger partial charge is 0.433 e. The van der Waals surface area contributed by atoms with Crippen LogP contribution in [0.5, 0.6) is 0 Å². The summed E-state index contributed by atoms with van der Waals surface area (Å²) < 4.78 is 58.3. The van der Waals surface area contributed by atoms with Crippen LogP contribution >= 0.6 is 0 Å². The number of nitrogens with one attached hydrogen (secondary N) is 2. The Morgan fingerprint density at radius 1 is 1.22 bits per heavy atom. The maximum Gasteiger partial charge on any atom is 0.433 e. The summed E-state index contributed by atoms with van der Waals surface area (Å²) in [4.78, 5) is 31.5. The number of hydrogen-bond acceptors (Lipinski definition) is 7. The molecule has 0 radical (unpaired) electrons. The molecule has 2 heterocycles. The minimum atomic E-state index is -4.60. The molecule has 2 N–H and O–H groups in total. The van der Waals surface area contributed by atoms with Gasteiger partial charge in [0.2, 0.25) is 11.9 Å². The Kier molecular flexibility index (Phi) is 7.32. The van der Waals surface area contributed by atoms with E-state index in [2.05, 4.69) is 25.8 Å². The van der Waals surface area contributed by atoms with Crippen LogP contribution in [0.4, 0.5) is 34.0 Å². The van der Waals surface area contributed by atoms with E-state index in [0.29, 0.717) is 22.4 Å². The third kappa shape index (κ3) is 6.37. The van der Waals surface area contributed by atoms with Gasteiger partial charge in [0.05, 0.1) is 25.0 Å². The molecule has 0 bridgehead atoms. The maximum absolute atomic E-state index is 14.9. The molecule has 1 atom stereocenters. The largest absolute Gasteiger partial charge is 0.442 e. The molecule has 1 aromatic heterocycles. The van der Waals surface area contributed by atoms with Gasteiger partial charge in [0, 0.05) is 18.7 Å². The lowest BCUT2D eigenvalue weighted by molar-refractivity contribution is -0.141. The van der Waals surface area contributed by atoms with Crippen LogP contribution in [0, 0.1) is 5.82 Å². The van der Waals surface area contributed by atoms with E-state index in [9.17, 15) is 27.2 Å². The molecule has 1 saturated heterocycles. The maximum atomic E-state index is 14.9. The lowest BCUT2D eigenvalue weighted by Crippen LogP contribution is -2.33. The Balaban J connectivity index is 1.40. The van der Waals surface area contributed by atoms with Gasteiger partial charge in [0.1, 0.15) is 17.6 Å². The van der Waals surface area contributed by atoms with Gasteiger partial charge in [0.15, 0.2) is 0 Å². The summed E-state index contributed by atoms with van der Waals surface area (Å²) in [5, 5.41) is 6.41. The standard InChI is InChI=1S/C24H20F4N6O3/c1-14(35)30-12-18-13-34(23(36)37-18)17-6-7-19(20(25)10-17)16-4-2-15(3-5-16)11-31-33-22-29-9-8-21(32-22)24(26,27)28/h2-11,18H,12-13H2,1H3,(H,30,35)(H,29,32,33)/b31-11+/t18-/m0/s1. The monoisotopic (exact) mass is 516 g/mol. The summed E-state index contributed by atoms with van der Waals surface area (Å²) in [6.07, 6.45) is -3.44. The minimum Gasteiger partial charge on any atom is -0.442 e. The molecule has 2 aromatic carbocycles.